The SMILES string of the molecule is O=C(c1ccoc1Cl)N1C[C@@H](O)C[C@H]1c1cc(F)ccc1F. The summed E-state index contributed by atoms with van der Waals surface area (Å²) in [7, 11) is 0. The number of carbonyl (C=O) groups excluding carboxylic acids is 1. The Morgan fingerprint density at radius 1 is 1.36 bits per heavy atom. The average Bonchev–Trinajstić information content (AvgIpc) is 3.07. The molecular weight excluding hydrogens is 316 g/mol. The van der Waals surface area contributed by atoms with Crippen LogP contribution in [0.3, 0.4) is 0 Å². The van der Waals surface area contributed by atoms with E-state index in [1.807, 2.05) is 0 Å². The fraction of sp³-hybridized carbons (Fsp3) is 0.267. The molecule has 2 heterocycles. The molecule has 0 radical (unpaired) electrons. The number of amides is 1. The van der Waals surface area contributed by atoms with Crippen molar-refractivity contribution in [1.29, 1.82) is 0 Å². The zero-order chi connectivity index (χ0) is 15.9. The molecule has 1 fully saturated rings. The summed E-state index contributed by atoms with van der Waals surface area (Å²) in [5, 5.41) is 9.76. The van der Waals surface area contributed by atoms with E-state index in [0.29, 0.717) is 0 Å². The van der Waals surface area contributed by atoms with Crippen molar-refractivity contribution >= 4 is 17.5 Å². The van der Waals surface area contributed by atoms with Gasteiger partial charge in [-0.15, -0.1) is 0 Å². The van der Waals surface area contributed by atoms with Crippen LogP contribution in [0.1, 0.15) is 28.4 Å². The number of likely N-dealkylation sites (tertiary alicyclic amines) is 1. The number of furan rings is 1. The number of carbonyl (C=O) groups is 1. The lowest BCUT2D eigenvalue weighted by molar-refractivity contribution is 0.0713. The van der Waals surface area contributed by atoms with E-state index in [-0.39, 0.29) is 29.3 Å². The summed E-state index contributed by atoms with van der Waals surface area (Å²) in [5.41, 5.74) is 0.155. The Morgan fingerprint density at radius 3 is 2.82 bits per heavy atom. The van der Waals surface area contributed by atoms with Gasteiger partial charge in [-0.1, -0.05) is 0 Å². The first-order chi connectivity index (χ1) is 10.5. The molecule has 116 valence electrons. The lowest BCUT2D eigenvalue weighted by Gasteiger charge is -2.24. The van der Waals surface area contributed by atoms with Crippen LogP contribution in [0.2, 0.25) is 5.22 Å². The molecule has 4 nitrogen and oxygen atoms in total. The molecule has 0 bridgehead atoms. The number of nitrogens with zero attached hydrogens (tertiary/aromatic N) is 1. The lowest BCUT2D eigenvalue weighted by Crippen LogP contribution is -2.32. The van der Waals surface area contributed by atoms with Crippen LogP contribution in [-0.2, 0) is 0 Å². The molecule has 1 saturated heterocycles. The van der Waals surface area contributed by atoms with Crippen molar-refractivity contribution in [3.8, 4) is 0 Å². The Hall–Kier alpha value is -1.92. The van der Waals surface area contributed by atoms with Gasteiger partial charge in [-0.25, -0.2) is 8.78 Å². The number of aliphatic hydroxyl groups is 1. The molecule has 0 aliphatic carbocycles. The van der Waals surface area contributed by atoms with E-state index < -0.39 is 29.7 Å². The highest BCUT2D eigenvalue weighted by Gasteiger charge is 2.38. The van der Waals surface area contributed by atoms with E-state index in [1.165, 1.54) is 17.2 Å². The fourth-order valence-electron chi connectivity index (χ4n) is 2.70. The predicted molar refractivity (Wildman–Crippen MR) is 74.5 cm³/mol. The maximum Gasteiger partial charge on any atom is 0.259 e. The van der Waals surface area contributed by atoms with Gasteiger partial charge in [0.1, 0.15) is 11.6 Å². The van der Waals surface area contributed by atoms with E-state index >= 15 is 0 Å². The molecule has 2 atom stereocenters. The van der Waals surface area contributed by atoms with Crippen LogP contribution in [0, 0.1) is 11.6 Å². The fourth-order valence-corrected chi connectivity index (χ4v) is 2.90. The molecule has 2 aromatic rings. The van der Waals surface area contributed by atoms with Crippen molar-refractivity contribution in [3.63, 3.8) is 0 Å². The first kappa shape index (κ1) is 15.0. The van der Waals surface area contributed by atoms with Crippen LogP contribution in [0.15, 0.2) is 34.9 Å². The molecule has 1 aromatic carbocycles. The minimum atomic E-state index is -0.817. The van der Waals surface area contributed by atoms with Gasteiger partial charge < -0.3 is 14.4 Å². The third kappa shape index (κ3) is 2.60. The Kier molecular flexibility index (Phi) is 3.88. The van der Waals surface area contributed by atoms with Crippen LogP contribution in [0.5, 0.6) is 0 Å². The van der Waals surface area contributed by atoms with Gasteiger partial charge in [-0.3, -0.25) is 4.79 Å². The van der Waals surface area contributed by atoms with Gasteiger partial charge in [0.2, 0.25) is 5.22 Å². The summed E-state index contributed by atoms with van der Waals surface area (Å²) >= 11 is 5.79. The molecule has 0 spiro atoms. The van der Waals surface area contributed by atoms with Crippen LogP contribution in [-0.4, -0.2) is 28.6 Å². The molecular formula is C15H12ClF2NO3. The second-order valence-electron chi connectivity index (χ2n) is 5.14. The summed E-state index contributed by atoms with van der Waals surface area (Å²) in [6.45, 7) is 0.0148. The van der Waals surface area contributed by atoms with E-state index in [9.17, 15) is 18.7 Å². The van der Waals surface area contributed by atoms with Gasteiger partial charge in [0.05, 0.1) is 24.0 Å². The zero-order valence-electron chi connectivity index (χ0n) is 11.3. The topological polar surface area (TPSA) is 53.7 Å². The highest BCUT2D eigenvalue weighted by atomic mass is 35.5. The summed E-state index contributed by atoms with van der Waals surface area (Å²) in [6.07, 6.45) is 0.573. The Morgan fingerprint density at radius 2 is 2.14 bits per heavy atom. The van der Waals surface area contributed by atoms with E-state index in [2.05, 4.69) is 0 Å². The van der Waals surface area contributed by atoms with Crippen LogP contribution < -0.4 is 0 Å². The summed E-state index contributed by atoms with van der Waals surface area (Å²) < 4.78 is 32.2. The van der Waals surface area contributed by atoms with Crippen molar-refractivity contribution in [2.75, 3.05) is 6.54 Å². The quantitative estimate of drug-likeness (QED) is 0.922. The van der Waals surface area contributed by atoms with Crippen LogP contribution in [0.4, 0.5) is 8.78 Å². The average molecular weight is 328 g/mol. The van der Waals surface area contributed by atoms with Crippen LogP contribution >= 0.6 is 11.6 Å². The zero-order valence-corrected chi connectivity index (χ0v) is 12.1. The van der Waals surface area contributed by atoms with Crippen molar-refractivity contribution in [2.45, 2.75) is 18.6 Å². The number of hydrogen-bond acceptors (Lipinski definition) is 3. The molecule has 1 aliphatic heterocycles. The lowest BCUT2D eigenvalue weighted by atomic mass is 10.0. The predicted octanol–water partition coefficient (Wildman–Crippen LogP) is 3.16. The number of β-amino-alcohol motifs (C(OH)–C–C–N with tert-alkyl or cyclic N) is 1. The molecule has 1 aromatic heterocycles. The third-order valence-electron chi connectivity index (χ3n) is 3.71. The van der Waals surface area contributed by atoms with Gasteiger partial charge in [0.15, 0.2) is 0 Å². The Balaban J connectivity index is 1.98. The van der Waals surface area contributed by atoms with Crippen molar-refractivity contribution in [3.05, 3.63) is 58.5 Å². The van der Waals surface area contributed by atoms with Gasteiger partial charge >= 0.3 is 0 Å². The van der Waals surface area contributed by atoms with Gasteiger partial charge in [-0.2, -0.15) is 0 Å². The largest absolute Gasteiger partial charge is 0.452 e. The molecule has 0 unspecified atom stereocenters. The maximum atomic E-state index is 14.0. The summed E-state index contributed by atoms with van der Waals surface area (Å²) in [6, 6.07) is 3.68. The highest BCUT2D eigenvalue weighted by Crippen LogP contribution is 2.36. The monoisotopic (exact) mass is 327 g/mol. The van der Waals surface area contributed by atoms with Gasteiger partial charge in [0, 0.05) is 12.1 Å². The minimum Gasteiger partial charge on any atom is -0.452 e. The second-order valence-corrected chi connectivity index (χ2v) is 5.48. The summed E-state index contributed by atoms with van der Waals surface area (Å²) in [5.74, 6) is -1.73. The Bertz CT molecular complexity index is 719. The molecule has 0 saturated carbocycles. The van der Waals surface area contributed by atoms with Crippen molar-refractivity contribution in [2.24, 2.45) is 0 Å². The highest BCUT2D eigenvalue weighted by molar-refractivity contribution is 6.32. The second kappa shape index (κ2) is 5.70. The number of rotatable bonds is 2. The third-order valence-corrected chi connectivity index (χ3v) is 4.00. The maximum absolute atomic E-state index is 14.0. The minimum absolute atomic E-state index is 0.0148. The normalized spacial score (nSPS) is 21.4. The van der Waals surface area contributed by atoms with Crippen molar-refractivity contribution < 1.29 is 23.1 Å². The van der Waals surface area contributed by atoms with Crippen LogP contribution in [0.25, 0.3) is 0 Å². The van der Waals surface area contributed by atoms with Gasteiger partial charge in [0.25, 0.3) is 5.91 Å². The molecule has 1 aliphatic rings. The number of benzene rings is 1. The molecule has 7 heteroatoms. The number of halogens is 3. The van der Waals surface area contributed by atoms with E-state index in [1.54, 1.807) is 0 Å². The molecule has 22 heavy (non-hydrogen) atoms. The molecule has 1 N–H and O–H groups in total. The van der Waals surface area contributed by atoms with Crippen molar-refractivity contribution in [1.82, 2.24) is 4.90 Å². The number of aliphatic hydroxyl groups excluding tert-OH is 1. The van der Waals surface area contributed by atoms with E-state index in [4.69, 9.17) is 16.0 Å². The molecule has 1 amide bonds. The first-order valence-corrected chi connectivity index (χ1v) is 7.02. The van der Waals surface area contributed by atoms with E-state index in [0.717, 1.165) is 18.2 Å². The van der Waals surface area contributed by atoms with Gasteiger partial charge in [-0.05, 0) is 42.3 Å². The number of hydrogen-bond donors (Lipinski definition) is 1. The molecule has 3 rings (SSSR count). The smallest absolute Gasteiger partial charge is 0.259 e. The Labute approximate surface area is 129 Å². The first-order valence-electron chi connectivity index (χ1n) is 6.64. The summed E-state index contributed by atoms with van der Waals surface area (Å²) in [4.78, 5) is 13.8. The standard InChI is InChI=1S/C15H12ClF2NO3/c16-14-10(3-4-22-14)15(21)19-7-9(20)6-13(19)11-5-8(17)1-2-12(11)18/h1-5,9,13,20H,6-7H2/t9-,13-/m0/s1.